The standard InChI is InChI=1S/C15H22N6O/c1-11(15-18-14(19-22-15)13-4-5-13)20-6-2-3-12(7-20)8-21-10-16-9-17-21/h9-13H,2-8H2,1H3. The monoisotopic (exact) mass is 302 g/mol. The lowest BCUT2D eigenvalue weighted by Crippen LogP contribution is -2.38. The third kappa shape index (κ3) is 2.90. The molecular formula is C15H22N6O. The van der Waals surface area contributed by atoms with Crippen LogP contribution in [0.5, 0.6) is 0 Å². The number of nitrogens with zero attached hydrogens (tertiary/aromatic N) is 6. The molecule has 2 aromatic rings. The fraction of sp³-hybridized carbons (Fsp3) is 0.733. The van der Waals surface area contributed by atoms with Crippen LogP contribution in [0, 0.1) is 5.92 Å². The van der Waals surface area contributed by atoms with Crippen LogP contribution in [0.1, 0.15) is 56.3 Å². The van der Waals surface area contributed by atoms with Crippen LogP contribution in [0.2, 0.25) is 0 Å². The van der Waals surface area contributed by atoms with Gasteiger partial charge in [0.25, 0.3) is 0 Å². The Balaban J connectivity index is 1.39. The molecule has 2 atom stereocenters. The zero-order valence-electron chi connectivity index (χ0n) is 12.9. The Morgan fingerprint density at radius 1 is 1.36 bits per heavy atom. The molecule has 0 aromatic carbocycles. The highest BCUT2D eigenvalue weighted by atomic mass is 16.5. The first-order valence-corrected chi connectivity index (χ1v) is 8.19. The van der Waals surface area contributed by atoms with Gasteiger partial charge in [-0.05, 0) is 45.1 Å². The van der Waals surface area contributed by atoms with Crippen molar-refractivity contribution in [3.8, 4) is 0 Å². The largest absolute Gasteiger partial charge is 0.338 e. The van der Waals surface area contributed by atoms with E-state index in [0.717, 1.165) is 31.3 Å². The topological polar surface area (TPSA) is 72.9 Å². The number of hydrogen-bond donors (Lipinski definition) is 0. The molecule has 3 heterocycles. The molecule has 0 amide bonds. The smallest absolute Gasteiger partial charge is 0.243 e. The van der Waals surface area contributed by atoms with Crippen molar-refractivity contribution in [3.05, 3.63) is 24.4 Å². The molecule has 118 valence electrons. The molecule has 1 aliphatic carbocycles. The third-order valence-electron chi connectivity index (χ3n) is 4.77. The van der Waals surface area contributed by atoms with Gasteiger partial charge in [0.15, 0.2) is 5.82 Å². The molecule has 22 heavy (non-hydrogen) atoms. The average Bonchev–Trinajstić information content (AvgIpc) is 3.06. The highest BCUT2D eigenvalue weighted by Gasteiger charge is 2.32. The highest BCUT2D eigenvalue weighted by molar-refractivity contribution is 5.04. The molecule has 4 rings (SSSR count). The fourth-order valence-electron chi connectivity index (χ4n) is 3.27. The minimum absolute atomic E-state index is 0.193. The van der Waals surface area contributed by atoms with Crippen molar-refractivity contribution in [1.29, 1.82) is 0 Å². The van der Waals surface area contributed by atoms with Gasteiger partial charge in [-0.1, -0.05) is 5.16 Å². The summed E-state index contributed by atoms with van der Waals surface area (Å²) in [4.78, 5) is 11.1. The van der Waals surface area contributed by atoms with Crippen LogP contribution >= 0.6 is 0 Å². The molecule has 0 bridgehead atoms. The summed E-state index contributed by atoms with van der Waals surface area (Å²) < 4.78 is 7.42. The maximum absolute atomic E-state index is 5.49. The van der Waals surface area contributed by atoms with E-state index in [1.807, 2.05) is 4.68 Å². The van der Waals surface area contributed by atoms with Gasteiger partial charge in [-0.25, -0.2) is 4.98 Å². The maximum Gasteiger partial charge on any atom is 0.243 e. The second-order valence-corrected chi connectivity index (χ2v) is 6.56. The zero-order valence-corrected chi connectivity index (χ0v) is 12.9. The molecule has 0 N–H and O–H groups in total. The van der Waals surface area contributed by atoms with E-state index in [0.29, 0.717) is 11.8 Å². The van der Waals surface area contributed by atoms with Gasteiger partial charge in [-0.15, -0.1) is 0 Å². The molecule has 0 spiro atoms. The molecule has 7 heteroatoms. The number of piperidine rings is 1. The Morgan fingerprint density at radius 3 is 3.05 bits per heavy atom. The number of rotatable bonds is 5. The molecule has 2 aliphatic rings. The predicted octanol–water partition coefficient (Wildman–Crippen LogP) is 2.01. The van der Waals surface area contributed by atoms with Gasteiger partial charge in [-0.3, -0.25) is 9.58 Å². The fourth-order valence-corrected chi connectivity index (χ4v) is 3.27. The Hall–Kier alpha value is -1.76. The van der Waals surface area contributed by atoms with Crippen molar-refractivity contribution in [3.63, 3.8) is 0 Å². The van der Waals surface area contributed by atoms with Crippen LogP contribution in [0.3, 0.4) is 0 Å². The average molecular weight is 302 g/mol. The summed E-state index contributed by atoms with van der Waals surface area (Å²) in [5, 5.41) is 8.35. The molecule has 1 saturated carbocycles. The van der Waals surface area contributed by atoms with E-state index in [4.69, 9.17) is 4.52 Å². The lowest BCUT2D eigenvalue weighted by molar-refractivity contribution is 0.102. The second-order valence-electron chi connectivity index (χ2n) is 6.56. The summed E-state index contributed by atoms with van der Waals surface area (Å²) in [5.41, 5.74) is 0. The van der Waals surface area contributed by atoms with E-state index in [2.05, 4.69) is 32.0 Å². The lowest BCUT2D eigenvalue weighted by atomic mass is 9.97. The van der Waals surface area contributed by atoms with Crippen LogP contribution in [0.4, 0.5) is 0 Å². The predicted molar refractivity (Wildman–Crippen MR) is 79.0 cm³/mol. The van der Waals surface area contributed by atoms with Gasteiger partial charge in [-0.2, -0.15) is 10.1 Å². The first kappa shape index (κ1) is 13.9. The lowest BCUT2D eigenvalue weighted by Gasteiger charge is -2.35. The van der Waals surface area contributed by atoms with Crippen LogP contribution < -0.4 is 0 Å². The summed E-state index contributed by atoms with van der Waals surface area (Å²) in [6, 6.07) is 0.193. The van der Waals surface area contributed by atoms with Crippen molar-refractivity contribution in [1.82, 2.24) is 29.8 Å². The molecule has 2 fully saturated rings. The normalized spacial score (nSPS) is 24.5. The number of likely N-dealkylation sites (tertiary alicyclic amines) is 1. The molecular weight excluding hydrogens is 280 g/mol. The second kappa shape index (κ2) is 5.79. The minimum atomic E-state index is 0.193. The van der Waals surface area contributed by atoms with Gasteiger partial charge in [0, 0.05) is 19.0 Å². The van der Waals surface area contributed by atoms with Crippen molar-refractivity contribution >= 4 is 0 Å². The highest BCUT2D eigenvalue weighted by Crippen LogP contribution is 2.38. The van der Waals surface area contributed by atoms with E-state index in [9.17, 15) is 0 Å². The van der Waals surface area contributed by atoms with Gasteiger partial charge in [0.05, 0.1) is 6.04 Å². The molecule has 1 aliphatic heterocycles. The molecule has 2 unspecified atom stereocenters. The van der Waals surface area contributed by atoms with Gasteiger partial charge >= 0.3 is 0 Å². The molecule has 0 radical (unpaired) electrons. The molecule has 7 nitrogen and oxygen atoms in total. The van der Waals surface area contributed by atoms with Crippen molar-refractivity contribution in [2.24, 2.45) is 5.92 Å². The van der Waals surface area contributed by atoms with Crippen LogP contribution in [0.25, 0.3) is 0 Å². The quantitative estimate of drug-likeness (QED) is 0.841. The summed E-state index contributed by atoms with van der Waals surface area (Å²) in [6.07, 6.45) is 8.24. The zero-order chi connectivity index (χ0) is 14.9. The minimum Gasteiger partial charge on any atom is -0.338 e. The third-order valence-corrected chi connectivity index (χ3v) is 4.77. The van der Waals surface area contributed by atoms with Gasteiger partial charge in [0.1, 0.15) is 12.7 Å². The first-order chi connectivity index (χ1) is 10.8. The summed E-state index contributed by atoms with van der Waals surface area (Å²) in [6.45, 7) is 5.24. The summed E-state index contributed by atoms with van der Waals surface area (Å²) in [5.74, 6) is 2.82. The Labute approximate surface area is 129 Å². The van der Waals surface area contributed by atoms with Crippen LogP contribution in [0.15, 0.2) is 17.2 Å². The molecule has 1 saturated heterocycles. The Morgan fingerprint density at radius 2 is 2.27 bits per heavy atom. The SMILES string of the molecule is CC(c1nc(C2CC2)no1)N1CCCC(Cn2cncn2)C1. The van der Waals surface area contributed by atoms with Crippen LogP contribution in [-0.2, 0) is 6.54 Å². The van der Waals surface area contributed by atoms with E-state index < -0.39 is 0 Å². The van der Waals surface area contributed by atoms with E-state index in [1.54, 1.807) is 12.7 Å². The van der Waals surface area contributed by atoms with Crippen molar-refractivity contribution in [2.45, 2.75) is 51.1 Å². The van der Waals surface area contributed by atoms with Crippen molar-refractivity contribution < 1.29 is 4.52 Å². The summed E-state index contributed by atoms with van der Waals surface area (Å²) in [7, 11) is 0. The number of hydrogen-bond acceptors (Lipinski definition) is 6. The van der Waals surface area contributed by atoms with Gasteiger partial charge in [0.2, 0.25) is 5.89 Å². The Bertz CT molecular complexity index is 605. The Kier molecular flexibility index (Phi) is 3.65. The number of aromatic nitrogens is 5. The van der Waals surface area contributed by atoms with Crippen molar-refractivity contribution in [2.75, 3.05) is 13.1 Å². The summed E-state index contributed by atoms with van der Waals surface area (Å²) >= 11 is 0. The first-order valence-electron chi connectivity index (χ1n) is 8.19. The van der Waals surface area contributed by atoms with E-state index >= 15 is 0 Å². The van der Waals surface area contributed by atoms with E-state index in [1.165, 1.54) is 25.7 Å². The van der Waals surface area contributed by atoms with E-state index in [-0.39, 0.29) is 6.04 Å². The van der Waals surface area contributed by atoms with Crippen LogP contribution in [-0.4, -0.2) is 42.9 Å². The maximum atomic E-state index is 5.49. The van der Waals surface area contributed by atoms with Gasteiger partial charge < -0.3 is 4.52 Å². The molecule has 2 aromatic heterocycles.